The van der Waals surface area contributed by atoms with Crippen molar-refractivity contribution in [2.75, 3.05) is 26.2 Å². The van der Waals surface area contributed by atoms with E-state index in [1.807, 2.05) is 11.6 Å². The number of aromatic nitrogens is 1. The molecule has 3 rings (SSSR count). The minimum Gasteiger partial charge on any atom is -0.342 e. The van der Waals surface area contributed by atoms with Gasteiger partial charge in [0, 0.05) is 36.5 Å². The van der Waals surface area contributed by atoms with Gasteiger partial charge in [-0.3, -0.25) is 4.79 Å². The maximum Gasteiger partial charge on any atom is 0.225 e. The van der Waals surface area contributed by atoms with Crippen molar-refractivity contribution in [1.29, 1.82) is 0 Å². The molecular formula is C14H21N3OS. The topological polar surface area (TPSA) is 45.2 Å². The summed E-state index contributed by atoms with van der Waals surface area (Å²) in [4.78, 5) is 19.0. The molecule has 19 heavy (non-hydrogen) atoms. The Bertz CT molecular complexity index is 430. The van der Waals surface area contributed by atoms with Gasteiger partial charge in [0.2, 0.25) is 5.91 Å². The van der Waals surface area contributed by atoms with Crippen molar-refractivity contribution in [2.45, 2.75) is 25.7 Å². The third kappa shape index (κ3) is 2.67. The first-order chi connectivity index (χ1) is 9.25. The third-order valence-electron chi connectivity index (χ3n) is 4.44. The maximum absolute atomic E-state index is 12.5. The normalized spacial score (nSPS) is 25.9. The standard InChI is InChI=1S/C14H21N3OS/c1-10(12-7-15-8-12)14(18)17-5-2-3-11(9-17)13-16-4-6-19-13/h4,6,10-12,15H,2-3,5,7-9H2,1H3. The number of nitrogens with zero attached hydrogens (tertiary/aromatic N) is 2. The predicted octanol–water partition coefficient (Wildman–Crippen LogP) is 1.70. The van der Waals surface area contributed by atoms with E-state index in [1.165, 1.54) is 5.01 Å². The van der Waals surface area contributed by atoms with Crippen molar-refractivity contribution in [3.05, 3.63) is 16.6 Å². The molecule has 0 aromatic carbocycles. The molecule has 1 aromatic heterocycles. The van der Waals surface area contributed by atoms with Gasteiger partial charge in [0.1, 0.15) is 0 Å². The van der Waals surface area contributed by atoms with Gasteiger partial charge in [0.25, 0.3) is 0 Å². The van der Waals surface area contributed by atoms with Crippen LogP contribution in [0.5, 0.6) is 0 Å². The van der Waals surface area contributed by atoms with E-state index in [4.69, 9.17) is 0 Å². The van der Waals surface area contributed by atoms with Crippen LogP contribution in [0.25, 0.3) is 0 Å². The smallest absolute Gasteiger partial charge is 0.225 e. The first kappa shape index (κ1) is 13.1. The zero-order valence-electron chi connectivity index (χ0n) is 11.3. The van der Waals surface area contributed by atoms with Crippen LogP contribution in [0.4, 0.5) is 0 Å². The second kappa shape index (κ2) is 5.59. The Morgan fingerprint density at radius 3 is 3.05 bits per heavy atom. The zero-order valence-corrected chi connectivity index (χ0v) is 12.2. The van der Waals surface area contributed by atoms with Crippen molar-refractivity contribution < 1.29 is 4.79 Å². The number of carbonyl (C=O) groups excluding carboxylic acids is 1. The monoisotopic (exact) mass is 279 g/mol. The second-order valence-electron chi connectivity index (χ2n) is 5.70. The van der Waals surface area contributed by atoms with Crippen molar-refractivity contribution >= 4 is 17.2 Å². The molecule has 0 aliphatic carbocycles. The van der Waals surface area contributed by atoms with Crippen LogP contribution < -0.4 is 5.32 Å². The minimum atomic E-state index is 0.163. The molecule has 4 nitrogen and oxygen atoms in total. The molecule has 1 N–H and O–H groups in total. The van der Waals surface area contributed by atoms with E-state index in [1.54, 1.807) is 11.3 Å². The van der Waals surface area contributed by atoms with E-state index in [0.29, 0.717) is 17.7 Å². The van der Waals surface area contributed by atoms with E-state index in [-0.39, 0.29) is 5.92 Å². The molecule has 2 aliphatic heterocycles. The molecule has 104 valence electrons. The summed E-state index contributed by atoms with van der Waals surface area (Å²) in [5, 5.41) is 6.47. The number of carbonyl (C=O) groups is 1. The SMILES string of the molecule is CC(C(=O)N1CCCC(c2nccs2)C1)C1CNC1. The first-order valence-corrected chi connectivity index (χ1v) is 8.02. The van der Waals surface area contributed by atoms with Gasteiger partial charge in [0.15, 0.2) is 0 Å². The van der Waals surface area contributed by atoms with Crippen LogP contribution >= 0.6 is 11.3 Å². The second-order valence-corrected chi connectivity index (χ2v) is 6.63. The molecule has 0 spiro atoms. The number of nitrogens with one attached hydrogen (secondary N) is 1. The van der Waals surface area contributed by atoms with Gasteiger partial charge in [0.05, 0.1) is 5.01 Å². The van der Waals surface area contributed by atoms with Crippen LogP contribution in [0, 0.1) is 11.8 Å². The molecular weight excluding hydrogens is 258 g/mol. The number of amides is 1. The summed E-state index contributed by atoms with van der Waals surface area (Å²) in [6.07, 6.45) is 4.13. The summed E-state index contributed by atoms with van der Waals surface area (Å²) in [5.41, 5.74) is 0. The third-order valence-corrected chi connectivity index (χ3v) is 5.38. The number of hydrogen-bond donors (Lipinski definition) is 1. The van der Waals surface area contributed by atoms with E-state index in [9.17, 15) is 4.79 Å². The average molecular weight is 279 g/mol. The van der Waals surface area contributed by atoms with Gasteiger partial charge >= 0.3 is 0 Å². The molecule has 0 saturated carbocycles. The van der Waals surface area contributed by atoms with E-state index < -0.39 is 0 Å². The van der Waals surface area contributed by atoms with Gasteiger partial charge in [-0.05, 0) is 31.8 Å². The molecule has 5 heteroatoms. The quantitative estimate of drug-likeness (QED) is 0.916. The summed E-state index contributed by atoms with van der Waals surface area (Å²) >= 11 is 1.71. The predicted molar refractivity (Wildman–Crippen MR) is 76.2 cm³/mol. The molecule has 1 aromatic rings. The number of likely N-dealkylation sites (tertiary alicyclic amines) is 1. The summed E-state index contributed by atoms with van der Waals surface area (Å²) < 4.78 is 0. The van der Waals surface area contributed by atoms with E-state index in [0.717, 1.165) is 39.0 Å². The van der Waals surface area contributed by atoms with Crippen LogP contribution in [-0.4, -0.2) is 42.0 Å². The molecule has 2 atom stereocenters. The fourth-order valence-electron chi connectivity index (χ4n) is 2.97. The first-order valence-electron chi connectivity index (χ1n) is 7.14. The van der Waals surface area contributed by atoms with Crippen molar-refractivity contribution in [2.24, 2.45) is 11.8 Å². The van der Waals surface area contributed by atoms with Crippen LogP contribution in [0.15, 0.2) is 11.6 Å². The lowest BCUT2D eigenvalue weighted by molar-refractivity contribution is -0.138. The Morgan fingerprint density at radius 1 is 1.58 bits per heavy atom. The molecule has 0 bridgehead atoms. The fourth-order valence-corrected chi connectivity index (χ4v) is 3.74. The lowest BCUT2D eigenvalue weighted by Crippen LogP contribution is -2.51. The average Bonchev–Trinajstić information content (AvgIpc) is 2.90. The summed E-state index contributed by atoms with van der Waals surface area (Å²) in [5.74, 6) is 1.49. The lowest BCUT2D eigenvalue weighted by atomic mass is 9.87. The van der Waals surface area contributed by atoms with Crippen LogP contribution in [0.1, 0.15) is 30.7 Å². The maximum atomic E-state index is 12.5. The summed E-state index contributed by atoms with van der Waals surface area (Å²) in [6, 6.07) is 0. The van der Waals surface area contributed by atoms with Crippen molar-refractivity contribution in [3.8, 4) is 0 Å². The number of hydrogen-bond acceptors (Lipinski definition) is 4. The van der Waals surface area contributed by atoms with Crippen molar-refractivity contribution in [3.63, 3.8) is 0 Å². The fraction of sp³-hybridized carbons (Fsp3) is 0.714. The molecule has 2 saturated heterocycles. The van der Waals surface area contributed by atoms with Gasteiger partial charge in [-0.25, -0.2) is 4.98 Å². The number of thiazole rings is 1. The molecule has 2 fully saturated rings. The zero-order chi connectivity index (χ0) is 13.2. The van der Waals surface area contributed by atoms with Crippen LogP contribution in [0.2, 0.25) is 0 Å². The van der Waals surface area contributed by atoms with E-state index in [2.05, 4.69) is 22.1 Å². The lowest BCUT2D eigenvalue weighted by Gasteiger charge is -2.38. The molecule has 2 aliphatic rings. The molecule has 0 radical (unpaired) electrons. The van der Waals surface area contributed by atoms with Crippen molar-refractivity contribution in [1.82, 2.24) is 15.2 Å². The minimum absolute atomic E-state index is 0.163. The Balaban J connectivity index is 1.62. The summed E-state index contributed by atoms with van der Waals surface area (Å²) in [6.45, 7) is 5.86. The van der Waals surface area contributed by atoms with Gasteiger partial charge in [-0.2, -0.15) is 0 Å². The highest BCUT2D eigenvalue weighted by molar-refractivity contribution is 7.09. The van der Waals surface area contributed by atoms with Crippen LogP contribution in [-0.2, 0) is 4.79 Å². The van der Waals surface area contributed by atoms with Gasteiger partial charge in [-0.1, -0.05) is 6.92 Å². The highest BCUT2D eigenvalue weighted by atomic mass is 32.1. The molecule has 2 unspecified atom stereocenters. The number of rotatable bonds is 3. The largest absolute Gasteiger partial charge is 0.342 e. The Morgan fingerprint density at radius 2 is 2.42 bits per heavy atom. The molecule has 3 heterocycles. The Hall–Kier alpha value is -0.940. The van der Waals surface area contributed by atoms with Gasteiger partial charge in [-0.15, -0.1) is 11.3 Å². The van der Waals surface area contributed by atoms with E-state index >= 15 is 0 Å². The molecule has 1 amide bonds. The highest BCUT2D eigenvalue weighted by Crippen LogP contribution is 2.30. The highest BCUT2D eigenvalue weighted by Gasteiger charge is 2.34. The number of piperidine rings is 1. The Kier molecular flexibility index (Phi) is 3.84. The Labute approximate surface area is 118 Å². The summed E-state index contributed by atoms with van der Waals surface area (Å²) in [7, 11) is 0. The van der Waals surface area contributed by atoms with Gasteiger partial charge < -0.3 is 10.2 Å². The van der Waals surface area contributed by atoms with Crippen LogP contribution in [0.3, 0.4) is 0 Å².